The van der Waals surface area contributed by atoms with E-state index in [-0.39, 0.29) is 23.8 Å². The lowest BCUT2D eigenvalue weighted by molar-refractivity contribution is -0.138. The highest BCUT2D eigenvalue weighted by Gasteiger charge is 2.49. The number of carbonyl (C=O) groups excluding carboxylic acids is 3. The highest BCUT2D eigenvalue weighted by atomic mass is 16.2. The molecule has 0 spiro atoms. The van der Waals surface area contributed by atoms with Gasteiger partial charge in [0.1, 0.15) is 12.1 Å². The summed E-state index contributed by atoms with van der Waals surface area (Å²) in [4.78, 5) is 40.8. The van der Waals surface area contributed by atoms with Crippen molar-refractivity contribution in [2.24, 2.45) is 0 Å². The van der Waals surface area contributed by atoms with E-state index < -0.39 is 11.6 Å². The molecule has 1 aliphatic rings. The second-order valence-electron chi connectivity index (χ2n) is 8.60. The van der Waals surface area contributed by atoms with Crippen molar-refractivity contribution in [3.05, 3.63) is 35.4 Å². The van der Waals surface area contributed by atoms with Crippen molar-refractivity contribution < 1.29 is 14.4 Å². The summed E-state index contributed by atoms with van der Waals surface area (Å²) >= 11 is 0. The summed E-state index contributed by atoms with van der Waals surface area (Å²) in [5.74, 6) is -0.590. The van der Waals surface area contributed by atoms with Crippen LogP contribution in [0.5, 0.6) is 0 Å². The average molecular weight is 388 g/mol. The average Bonchev–Trinajstić information content (AvgIpc) is 2.86. The van der Waals surface area contributed by atoms with Crippen LogP contribution in [-0.4, -0.2) is 47.3 Å². The summed E-state index contributed by atoms with van der Waals surface area (Å²) in [5.41, 5.74) is 0.710. The minimum Gasteiger partial charge on any atom is -0.341 e. The Morgan fingerprint density at radius 2 is 1.75 bits per heavy atom. The van der Waals surface area contributed by atoms with E-state index in [0.717, 1.165) is 23.3 Å². The van der Waals surface area contributed by atoms with Crippen molar-refractivity contribution in [3.8, 4) is 0 Å². The molecule has 1 unspecified atom stereocenters. The van der Waals surface area contributed by atoms with Crippen LogP contribution in [0.2, 0.25) is 0 Å². The van der Waals surface area contributed by atoms with Crippen LogP contribution in [0.3, 0.4) is 0 Å². The van der Waals surface area contributed by atoms with E-state index in [9.17, 15) is 14.4 Å². The molecule has 1 aromatic carbocycles. The molecule has 1 N–H and O–H groups in total. The third-order valence-corrected chi connectivity index (χ3v) is 5.41. The molecule has 1 aliphatic heterocycles. The van der Waals surface area contributed by atoms with Gasteiger partial charge in [0.2, 0.25) is 5.91 Å². The Kier molecular flexibility index (Phi) is 6.52. The number of hydrogen-bond donors (Lipinski definition) is 1. The van der Waals surface area contributed by atoms with Crippen molar-refractivity contribution in [1.29, 1.82) is 0 Å². The van der Waals surface area contributed by atoms with E-state index in [2.05, 4.69) is 33.0 Å². The van der Waals surface area contributed by atoms with Gasteiger partial charge in [0.15, 0.2) is 0 Å². The number of likely N-dealkylation sites (N-methyl/N-ethyl adjacent to an activating group) is 1. The standard InChI is InChI=1S/C22H33N3O3/c1-7-9-14-24(8-2)18(26)15-25-19(27)22(6,23-20(25)28)17-12-10-16(11-13-17)21(3,4)5/h10-13H,7-9,14-15H2,1-6H3,(H,23,28). The molecule has 6 heteroatoms. The molecule has 4 amide bonds. The van der Waals surface area contributed by atoms with Crippen LogP contribution in [-0.2, 0) is 20.5 Å². The molecule has 0 radical (unpaired) electrons. The van der Waals surface area contributed by atoms with Crippen molar-refractivity contribution in [2.75, 3.05) is 19.6 Å². The van der Waals surface area contributed by atoms with Crippen LogP contribution in [0.1, 0.15) is 65.5 Å². The predicted octanol–water partition coefficient (Wildman–Crippen LogP) is 3.40. The molecule has 6 nitrogen and oxygen atoms in total. The van der Waals surface area contributed by atoms with Crippen LogP contribution in [0.25, 0.3) is 0 Å². The molecule has 28 heavy (non-hydrogen) atoms. The van der Waals surface area contributed by atoms with Gasteiger partial charge in [0.05, 0.1) is 0 Å². The molecule has 0 aromatic heterocycles. The third-order valence-electron chi connectivity index (χ3n) is 5.41. The van der Waals surface area contributed by atoms with E-state index >= 15 is 0 Å². The van der Waals surface area contributed by atoms with E-state index in [1.54, 1.807) is 11.8 Å². The normalized spacial score (nSPS) is 19.7. The number of imide groups is 1. The van der Waals surface area contributed by atoms with Gasteiger partial charge in [0, 0.05) is 13.1 Å². The van der Waals surface area contributed by atoms with Gasteiger partial charge in [-0.1, -0.05) is 58.4 Å². The highest BCUT2D eigenvalue weighted by Crippen LogP contribution is 2.31. The minimum absolute atomic E-state index is 0.00290. The fourth-order valence-corrected chi connectivity index (χ4v) is 3.38. The van der Waals surface area contributed by atoms with Crippen molar-refractivity contribution in [3.63, 3.8) is 0 Å². The number of rotatable bonds is 7. The first-order valence-electron chi connectivity index (χ1n) is 10.1. The van der Waals surface area contributed by atoms with Crippen LogP contribution >= 0.6 is 0 Å². The van der Waals surface area contributed by atoms with Crippen LogP contribution < -0.4 is 5.32 Å². The Hall–Kier alpha value is -2.37. The van der Waals surface area contributed by atoms with Crippen molar-refractivity contribution in [2.45, 2.75) is 65.3 Å². The van der Waals surface area contributed by atoms with Gasteiger partial charge in [-0.05, 0) is 36.8 Å². The van der Waals surface area contributed by atoms with E-state index in [1.807, 2.05) is 31.2 Å². The monoisotopic (exact) mass is 387 g/mol. The Bertz CT molecular complexity index is 736. The Morgan fingerprint density at radius 1 is 1.14 bits per heavy atom. The maximum absolute atomic E-state index is 13.1. The summed E-state index contributed by atoms with van der Waals surface area (Å²) in [5, 5.41) is 2.78. The fourth-order valence-electron chi connectivity index (χ4n) is 3.38. The first kappa shape index (κ1) is 21.9. The van der Waals surface area contributed by atoms with Gasteiger partial charge in [-0.15, -0.1) is 0 Å². The molecule has 1 heterocycles. The number of nitrogens with zero attached hydrogens (tertiary/aromatic N) is 2. The third kappa shape index (κ3) is 4.37. The molecule has 154 valence electrons. The number of urea groups is 1. The number of unbranched alkanes of at least 4 members (excludes halogenated alkanes) is 1. The second-order valence-corrected chi connectivity index (χ2v) is 8.60. The maximum atomic E-state index is 13.1. The Labute approximate surface area is 168 Å². The SMILES string of the molecule is CCCCN(CC)C(=O)CN1C(=O)NC(C)(c2ccc(C(C)(C)C)cc2)C1=O. The zero-order chi connectivity index (χ0) is 21.1. The molecule has 1 saturated heterocycles. The number of hydrogen-bond acceptors (Lipinski definition) is 3. The number of benzene rings is 1. The molecule has 1 atom stereocenters. The molecule has 0 bridgehead atoms. The van der Waals surface area contributed by atoms with Gasteiger partial charge in [0.25, 0.3) is 5.91 Å². The molecule has 1 aromatic rings. The van der Waals surface area contributed by atoms with Crippen LogP contribution in [0, 0.1) is 0 Å². The summed E-state index contributed by atoms with van der Waals surface area (Å²) in [6.07, 6.45) is 1.88. The van der Waals surface area contributed by atoms with Crippen LogP contribution in [0.4, 0.5) is 4.79 Å². The van der Waals surface area contributed by atoms with Crippen LogP contribution in [0.15, 0.2) is 24.3 Å². The van der Waals surface area contributed by atoms with E-state index in [4.69, 9.17) is 0 Å². The van der Waals surface area contributed by atoms with Gasteiger partial charge in [-0.25, -0.2) is 4.79 Å². The molecule has 2 rings (SSSR count). The van der Waals surface area contributed by atoms with Crippen molar-refractivity contribution >= 4 is 17.8 Å². The highest BCUT2D eigenvalue weighted by molar-refractivity contribution is 6.09. The molecular formula is C22H33N3O3. The number of amides is 4. The predicted molar refractivity (Wildman–Crippen MR) is 110 cm³/mol. The van der Waals surface area contributed by atoms with Gasteiger partial charge in [-0.3, -0.25) is 14.5 Å². The van der Waals surface area contributed by atoms with Gasteiger partial charge in [-0.2, -0.15) is 0 Å². The minimum atomic E-state index is -1.16. The smallest absolute Gasteiger partial charge is 0.325 e. The number of nitrogens with one attached hydrogen (secondary N) is 1. The fraction of sp³-hybridized carbons (Fsp3) is 0.591. The lowest BCUT2D eigenvalue weighted by Crippen LogP contribution is -2.44. The van der Waals surface area contributed by atoms with Gasteiger partial charge >= 0.3 is 6.03 Å². The molecular weight excluding hydrogens is 354 g/mol. The maximum Gasteiger partial charge on any atom is 0.325 e. The lowest BCUT2D eigenvalue weighted by Gasteiger charge is -2.25. The zero-order valence-electron chi connectivity index (χ0n) is 18.0. The topological polar surface area (TPSA) is 69.7 Å². The Balaban J connectivity index is 2.18. The first-order valence-corrected chi connectivity index (χ1v) is 10.1. The molecule has 0 aliphatic carbocycles. The Morgan fingerprint density at radius 3 is 2.25 bits per heavy atom. The largest absolute Gasteiger partial charge is 0.341 e. The lowest BCUT2D eigenvalue weighted by atomic mass is 9.84. The molecule has 0 saturated carbocycles. The van der Waals surface area contributed by atoms with E-state index in [1.165, 1.54) is 0 Å². The first-order chi connectivity index (χ1) is 13.0. The summed E-state index contributed by atoms with van der Waals surface area (Å²) in [7, 11) is 0. The molecule has 1 fully saturated rings. The van der Waals surface area contributed by atoms with Gasteiger partial charge < -0.3 is 10.2 Å². The summed E-state index contributed by atoms with van der Waals surface area (Å²) < 4.78 is 0. The van der Waals surface area contributed by atoms with Crippen molar-refractivity contribution in [1.82, 2.24) is 15.1 Å². The quantitative estimate of drug-likeness (QED) is 0.729. The summed E-state index contributed by atoms with van der Waals surface area (Å²) in [6.45, 7) is 13.0. The van der Waals surface area contributed by atoms with E-state index in [0.29, 0.717) is 18.7 Å². The second kappa shape index (κ2) is 8.33. The zero-order valence-corrected chi connectivity index (χ0v) is 18.0. The summed E-state index contributed by atoms with van der Waals surface area (Å²) in [6, 6.07) is 7.20. The number of carbonyl (C=O) groups is 3.